The van der Waals surface area contributed by atoms with Crippen LogP contribution in [-0.4, -0.2) is 29.0 Å². The number of pyridine rings is 3. The van der Waals surface area contributed by atoms with Crippen molar-refractivity contribution in [3.8, 4) is 11.4 Å². The summed E-state index contributed by atoms with van der Waals surface area (Å²) in [5.74, 6) is -0.919. The average Bonchev–Trinajstić information content (AvgIpc) is 2.68. The molecule has 0 aromatic carbocycles. The van der Waals surface area contributed by atoms with Gasteiger partial charge in [0.2, 0.25) is 0 Å². The lowest BCUT2D eigenvalue weighted by atomic mass is 9.95. The molecule has 3 aromatic rings. The first-order valence-corrected chi connectivity index (χ1v) is 9.71. The second-order valence-electron chi connectivity index (χ2n) is 7.00. The van der Waals surface area contributed by atoms with Gasteiger partial charge in [0.25, 0.3) is 5.56 Å². The molecule has 0 aliphatic carbocycles. The number of nitrogens with zero attached hydrogens (tertiary/aromatic N) is 3. The molecule has 0 N–H and O–H groups in total. The van der Waals surface area contributed by atoms with E-state index >= 15 is 0 Å². The van der Waals surface area contributed by atoms with Crippen LogP contribution in [0.4, 0.5) is 8.78 Å². The maximum Gasteiger partial charge on any atom is 0.259 e. The van der Waals surface area contributed by atoms with Crippen molar-refractivity contribution in [2.75, 3.05) is 6.61 Å². The van der Waals surface area contributed by atoms with E-state index in [0.717, 1.165) is 17.8 Å². The van der Waals surface area contributed by atoms with E-state index in [2.05, 4.69) is 16.5 Å². The molecular weight excluding hydrogens is 403 g/mol. The van der Waals surface area contributed by atoms with Crippen LogP contribution >= 0.6 is 0 Å². The minimum absolute atomic E-state index is 0.0488. The van der Waals surface area contributed by atoms with Crippen LogP contribution in [0.3, 0.4) is 0 Å². The van der Waals surface area contributed by atoms with Gasteiger partial charge < -0.3 is 9.47 Å². The third-order valence-corrected chi connectivity index (χ3v) is 4.64. The fourth-order valence-electron chi connectivity index (χ4n) is 3.19. The SMILES string of the molecule is BC(Oc1cc(C)n(-c2cc(C(=C)OCC)ncc2C)c(=O)c1)c1ncc(F)cc1F. The summed E-state index contributed by atoms with van der Waals surface area (Å²) in [4.78, 5) is 21.0. The Balaban J connectivity index is 1.95. The molecule has 0 radical (unpaired) electrons. The Morgan fingerprint density at radius 3 is 2.58 bits per heavy atom. The fourth-order valence-corrected chi connectivity index (χ4v) is 3.19. The zero-order chi connectivity index (χ0) is 22.7. The van der Waals surface area contributed by atoms with E-state index in [1.807, 2.05) is 13.8 Å². The van der Waals surface area contributed by atoms with Crippen LogP contribution in [0.5, 0.6) is 5.75 Å². The second-order valence-corrected chi connectivity index (χ2v) is 7.00. The van der Waals surface area contributed by atoms with Crippen molar-refractivity contribution in [1.82, 2.24) is 14.5 Å². The van der Waals surface area contributed by atoms with E-state index in [9.17, 15) is 13.6 Å². The van der Waals surface area contributed by atoms with Gasteiger partial charge in [-0.25, -0.2) is 8.78 Å². The molecule has 0 amide bonds. The first-order chi connectivity index (χ1) is 14.7. The molecule has 0 spiro atoms. The van der Waals surface area contributed by atoms with Gasteiger partial charge in [0.1, 0.15) is 34.7 Å². The van der Waals surface area contributed by atoms with Crippen LogP contribution < -0.4 is 10.3 Å². The monoisotopic (exact) mass is 425 g/mol. The van der Waals surface area contributed by atoms with Gasteiger partial charge in [-0.15, -0.1) is 0 Å². The summed E-state index contributed by atoms with van der Waals surface area (Å²) >= 11 is 0. The Morgan fingerprint density at radius 1 is 1.19 bits per heavy atom. The predicted molar refractivity (Wildman–Crippen MR) is 116 cm³/mol. The Morgan fingerprint density at radius 2 is 1.94 bits per heavy atom. The van der Waals surface area contributed by atoms with Gasteiger partial charge >= 0.3 is 0 Å². The van der Waals surface area contributed by atoms with Gasteiger partial charge in [-0.05, 0) is 32.4 Å². The highest BCUT2D eigenvalue weighted by molar-refractivity contribution is 6.11. The molecule has 0 aliphatic heterocycles. The first kappa shape index (κ1) is 22.2. The third-order valence-electron chi connectivity index (χ3n) is 4.64. The Kier molecular flexibility index (Phi) is 6.53. The molecular formula is C22H22BF2N3O3. The number of aryl methyl sites for hydroxylation is 2. The molecule has 0 fully saturated rings. The van der Waals surface area contributed by atoms with E-state index < -0.39 is 17.6 Å². The minimum atomic E-state index is -0.820. The van der Waals surface area contributed by atoms with Crippen LogP contribution in [0.2, 0.25) is 0 Å². The molecule has 160 valence electrons. The van der Waals surface area contributed by atoms with E-state index in [4.69, 9.17) is 9.47 Å². The highest BCUT2D eigenvalue weighted by atomic mass is 19.1. The standard InChI is InChI=1S/C22H22BF2N3O3/c1-5-30-14(4)18-9-19(12(2)10-26-18)28-13(3)6-16(8-20(28)29)31-22(23)21-17(25)7-15(24)11-27-21/h6-11,22H,4-5,23H2,1-3H3. The average molecular weight is 425 g/mol. The van der Waals surface area contributed by atoms with Gasteiger partial charge in [-0.2, -0.15) is 0 Å². The van der Waals surface area contributed by atoms with Crippen LogP contribution in [0, 0.1) is 25.5 Å². The van der Waals surface area contributed by atoms with Crippen molar-refractivity contribution in [1.29, 1.82) is 0 Å². The second kappa shape index (κ2) is 9.12. The van der Waals surface area contributed by atoms with Gasteiger partial charge in [0.15, 0.2) is 13.7 Å². The highest BCUT2D eigenvalue weighted by Crippen LogP contribution is 2.23. The lowest BCUT2D eigenvalue weighted by molar-refractivity contribution is 0.274. The molecule has 6 nitrogen and oxygen atoms in total. The van der Waals surface area contributed by atoms with Gasteiger partial charge in [0.05, 0.1) is 18.5 Å². The fraction of sp³-hybridized carbons (Fsp3) is 0.227. The molecule has 0 bridgehead atoms. The molecule has 1 atom stereocenters. The van der Waals surface area contributed by atoms with Crippen LogP contribution in [0.25, 0.3) is 11.4 Å². The molecule has 1 unspecified atom stereocenters. The Bertz CT molecular complexity index is 1200. The van der Waals surface area contributed by atoms with Crippen molar-refractivity contribution in [2.45, 2.75) is 26.8 Å². The molecule has 0 saturated carbocycles. The molecule has 9 heteroatoms. The Hall–Kier alpha value is -3.49. The summed E-state index contributed by atoms with van der Waals surface area (Å²) in [6.45, 7) is 9.76. The predicted octanol–water partition coefficient (Wildman–Crippen LogP) is 3.24. The smallest absolute Gasteiger partial charge is 0.259 e. The Labute approximate surface area is 179 Å². The maximum atomic E-state index is 14.0. The lowest BCUT2D eigenvalue weighted by Crippen LogP contribution is -2.22. The van der Waals surface area contributed by atoms with Crippen molar-refractivity contribution < 1.29 is 18.3 Å². The zero-order valence-electron chi connectivity index (χ0n) is 17.8. The number of ether oxygens (including phenoxy) is 2. The van der Waals surface area contributed by atoms with Gasteiger partial charge in [-0.1, -0.05) is 6.58 Å². The summed E-state index contributed by atoms with van der Waals surface area (Å²) in [5.41, 5.74) is 2.17. The van der Waals surface area contributed by atoms with Crippen molar-refractivity contribution in [3.63, 3.8) is 0 Å². The summed E-state index contributed by atoms with van der Waals surface area (Å²) in [6.07, 6.45) is 2.57. The summed E-state index contributed by atoms with van der Waals surface area (Å²) < 4.78 is 39.7. The molecule has 3 rings (SSSR count). The maximum absolute atomic E-state index is 14.0. The number of aromatic nitrogens is 3. The zero-order valence-corrected chi connectivity index (χ0v) is 17.8. The van der Waals surface area contributed by atoms with Crippen molar-refractivity contribution in [2.24, 2.45) is 0 Å². The normalized spacial score (nSPS) is 11.8. The first-order valence-electron chi connectivity index (χ1n) is 9.71. The van der Waals surface area contributed by atoms with Crippen molar-refractivity contribution in [3.05, 3.63) is 87.9 Å². The van der Waals surface area contributed by atoms with Gasteiger partial charge in [-0.3, -0.25) is 19.3 Å². The van der Waals surface area contributed by atoms with E-state index in [1.54, 1.807) is 33.1 Å². The largest absolute Gasteiger partial charge is 0.493 e. The van der Waals surface area contributed by atoms with E-state index in [-0.39, 0.29) is 17.0 Å². The molecule has 0 saturated heterocycles. The molecule has 3 heterocycles. The molecule has 3 aromatic heterocycles. The lowest BCUT2D eigenvalue weighted by Gasteiger charge is -2.18. The minimum Gasteiger partial charge on any atom is -0.493 e. The topological polar surface area (TPSA) is 66.2 Å². The third kappa shape index (κ3) is 4.82. The summed E-state index contributed by atoms with van der Waals surface area (Å²) in [6, 6.07) is 4.63. The highest BCUT2D eigenvalue weighted by Gasteiger charge is 2.17. The molecule has 0 aliphatic rings. The van der Waals surface area contributed by atoms with Gasteiger partial charge in [0, 0.05) is 30.1 Å². The van der Waals surface area contributed by atoms with Crippen LogP contribution in [0.15, 0.2) is 48.0 Å². The summed E-state index contributed by atoms with van der Waals surface area (Å²) in [5, 5.41) is 0. The number of hydrogen-bond donors (Lipinski definition) is 0. The van der Waals surface area contributed by atoms with E-state index in [1.165, 1.54) is 10.6 Å². The molecule has 31 heavy (non-hydrogen) atoms. The van der Waals surface area contributed by atoms with Crippen LogP contribution in [0.1, 0.15) is 35.6 Å². The summed E-state index contributed by atoms with van der Waals surface area (Å²) in [7, 11) is 1.57. The van der Waals surface area contributed by atoms with Crippen LogP contribution in [-0.2, 0) is 4.74 Å². The quantitative estimate of drug-likeness (QED) is 0.430. The number of hydrogen-bond acceptors (Lipinski definition) is 5. The van der Waals surface area contributed by atoms with Crippen molar-refractivity contribution >= 4 is 13.6 Å². The number of halogens is 2. The number of rotatable bonds is 7. The van der Waals surface area contributed by atoms with E-state index in [0.29, 0.717) is 29.4 Å².